The molecule has 2 atom stereocenters. The smallest absolute Gasteiger partial charge is 0.462 e. The highest BCUT2D eigenvalue weighted by Gasteiger charge is 2.27. The topological polar surface area (TPSA) is 108 Å². The molecule has 0 fully saturated rings. The van der Waals surface area contributed by atoms with Crippen molar-refractivity contribution in [3.05, 3.63) is 158 Å². The van der Waals surface area contributed by atoms with Gasteiger partial charge in [-0.05, 0) is 122 Å². The Morgan fingerprint density at radius 2 is 0.529 bits per heavy atom. The van der Waals surface area contributed by atoms with Gasteiger partial charge in [-0.1, -0.05) is 384 Å². The van der Waals surface area contributed by atoms with Crippen molar-refractivity contribution in [2.75, 3.05) is 47.5 Å². The van der Waals surface area contributed by atoms with Crippen LogP contribution in [0.15, 0.2) is 158 Å². The molecule has 0 aromatic rings. The van der Waals surface area contributed by atoms with E-state index in [1.54, 1.807) is 0 Å². The molecule has 0 spiro atoms. The van der Waals surface area contributed by atoms with Crippen molar-refractivity contribution in [2.45, 2.75) is 367 Å². The van der Waals surface area contributed by atoms with E-state index in [0.717, 1.165) is 122 Å². The molecule has 0 bridgehead atoms. The van der Waals surface area contributed by atoms with Crippen LogP contribution < -0.4 is 0 Å². The van der Waals surface area contributed by atoms with Gasteiger partial charge >= 0.3 is 19.8 Å². The van der Waals surface area contributed by atoms with Crippen molar-refractivity contribution in [3.8, 4) is 0 Å². The lowest BCUT2D eigenvalue weighted by molar-refractivity contribution is -0.870. The number of esters is 2. The minimum absolute atomic E-state index is 0.0285. The zero-order chi connectivity index (χ0) is 74.0. The molecule has 584 valence electrons. The van der Waals surface area contributed by atoms with Crippen LogP contribution in [-0.2, 0) is 32.7 Å². The van der Waals surface area contributed by atoms with Gasteiger partial charge in [0.15, 0.2) is 6.10 Å². The Kier molecular flexibility index (Phi) is 77.3. The molecule has 10 heteroatoms. The van der Waals surface area contributed by atoms with Crippen molar-refractivity contribution in [1.29, 1.82) is 0 Å². The number of hydrogen-bond donors (Lipinski definition) is 1. The second kappa shape index (κ2) is 80.7. The van der Waals surface area contributed by atoms with E-state index in [1.165, 1.54) is 205 Å². The number of carbonyl (C=O) groups is 2. The van der Waals surface area contributed by atoms with Crippen LogP contribution in [0.1, 0.15) is 361 Å². The van der Waals surface area contributed by atoms with Crippen LogP contribution in [0.3, 0.4) is 0 Å². The van der Waals surface area contributed by atoms with Gasteiger partial charge in [-0.2, -0.15) is 0 Å². The van der Waals surface area contributed by atoms with Gasteiger partial charge in [-0.3, -0.25) is 18.6 Å². The van der Waals surface area contributed by atoms with E-state index in [0.29, 0.717) is 17.4 Å². The summed E-state index contributed by atoms with van der Waals surface area (Å²) in [6.07, 6.45) is 121. The predicted octanol–water partition coefficient (Wildman–Crippen LogP) is 28.6. The molecule has 0 aliphatic heterocycles. The van der Waals surface area contributed by atoms with Gasteiger partial charge < -0.3 is 18.9 Å². The second-order valence-electron chi connectivity index (χ2n) is 29.1. The van der Waals surface area contributed by atoms with Crippen LogP contribution in [-0.4, -0.2) is 74.9 Å². The molecule has 0 aromatic carbocycles. The molecular formula is C92H159NO8P+. The van der Waals surface area contributed by atoms with Gasteiger partial charge in [0.05, 0.1) is 27.7 Å². The van der Waals surface area contributed by atoms with E-state index in [9.17, 15) is 19.0 Å². The molecule has 0 aliphatic carbocycles. The lowest BCUT2D eigenvalue weighted by atomic mass is 10.0. The minimum atomic E-state index is -4.40. The standard InChI is InChI=1S/C92H158NO8P/c1-6-8-10-12-14-16-18-20-22-24-26-28-30-32-34-36-38-40-42-44-45-46-47-49-51-53-55-57-59-61-63-65-67-69-71-73-75-77-79-81-83-85-92(95)101-90(89-100-102(96,97)99-87-86-93(3,4)5)88-98-91(94)84-82-80-78-76-74-72-70-68-66-64-62-60-58-56-54-52-50-48-43-41-39-37-35-33-31-29-27-25-23-21-19-17-15-13-11-9-7-2/h8-11,14-17,20-23,26-29,32-35,38,40,44-45,47,49,90H,6-7,12-13,18-19,24-25,30-31,36-37,39,41-43,46,48,50-89H2,1-5H3/p+1/b10-8-,11-9-,16-14-,17-15-,22-20-,23-21-,28-26-,29-27-,34-32-,35-33-,40-38-,45-44-,49-47-. The summed E-state index contributed by atoms with van der Waals surface area (Å²) in [4.78, 5) is 36.0. The van der Waals surface area contributed by atoms with Crippen LogP contribution >= 0.6 is 7.82 Å². The van der Waals surface area contributed by atoms with Crippen LogP contribution in [0.25, 0.3) is 0 Å². The highest BCUT2D eigenvalue weighted by atomic mass is 31.2. The van der Waals surface area contributed by atoms with Crippen molar-refractivity contribution in [1.82, 2.24) is 0 Å². The monoisotopic (exact) mass is 1440 g/mol. The van der Waals surface area contributed by atoms with Crippen LogP contribution in [0.5, 0.6) is 0 Å². The first-order chi connectivity index (χ1) is 50.0. The molecule has 0 rings (SSSR count). The van der Waals surface area contributed by atoms with Gasteiger partial charge in [0.1, 0.15) is 19.8 Å². The number of nitrogens with zero attached hydrogens (tertiary/aromatic N) is 1. The number of ether oxygens (including phenoxy) is 2. The Bertz CT molecular complexity index is 2290. The summed E-state index contributed by atoms with van der Waals surface area (Å²) in [6.45, 7) is 4.24. The number of carbonyl (C=O) groups excluding carboxylic acids is 2. The molecule has 102 heavy (non-hydrogen) atoms. The van der Waals surface area contributed by atoms with E-state index in [2.05, 4.69) is 172 Å². The van der Waals surface area contributed by atoms with Crippen molar-refractivity contribution in [3.63, 3.8) is 0 Å². The number of rotatable bonds is 77. The maximum Gasteiger partial charge on any atom is 0.472 e. The van der Waals surface area contributed by atoms with Gasteiger partial charge in [0.2, 0.25) is 0 Å². The van der Waals surface area contributed by atoms with E-state index in [-0.39, 0.29) is 32.0 Å². The first-order valence-corrected chi connectivity index (χ1v) is 43.7. The van der Waals surface area contributed by atoms with E-state index in [1.807, 2.05) is 21.1 Å². The third-order valence-electron chi connectivity index (χ3n) is 18.1. The Balaban J connectivity index is 3.95. The number of phosphoric ester groups is 1. The normalized spacial score (nSPS) is 13.8. The number of hydrogen-bond acceptors (Lipinski definition) is 7. The summed E-state index contributed by atoms with van der Waals surface area (Å²) in [5.74, 6) is -0.787. The summed E-state index contributed by atoms with van der Waals surface area (Å²) in [5, 5.41) is 0. The van der Waals surface area contributed by atoms with Gasteiger partial charge in [-0.15, -0.1) is 0 Å². The van der Waals surface area contributed by atoms with E-state index >= 15 is 0 Å². The quantitative estimate of drug-likeness (QED) is 0.0211. The van der Waals surface area contributed by atoms with Crippen LogP contribution in [0, 0.1) is 0 Å². The Morgan fingerprint density at radius 3 is 0.784 bits per heavy atom. The molecular weight excluding hydrogens is 1280 g/mol. The zero-order valence-corrected chi connectivity index (χ0v) is 67.7. The molecule has 9 nitrogen and oxygen atoms in total. The Hall–Kier alpha value is -4.37. The zero-order valence-electron chi connectivity index (χ0n) is 66.8. The largest absolute Gasteiger partial charge is 0.472 e. The molecule has 1 N–H and O–H groups in total. The summed E-state index contributed by atoms with van der Waals surface area (Å²) in [5.41, 5.74) is 0. The van der Waals surface area contributed by atoms with Crippen LogP contribution in [0.2, 0.25) is 0 Å². The van der Waals surface area contributed by atoms with Crippen molar-refractivity contribution < 1.29 is 42.1 Å². The number of phosphoric acid groups is 1. The Labute approximate surface area is 630 Å². The number of allylic oxidation sites excluding steroid dienone is 26. The number of quaternary nitrogens is 1. The highest BCUT2D eigenvalue weighted by Crippen LogP contribution is 2.43. The highest BCUT2D eigenvalue weighted by molar-refractivity contribution is 7.47. The van der Waals surface area contributed by atoms with Crippen molar-refractivity contribution in [2.24, 2.45) is 0 Å². The SMILES string of the molecule is CC/C=C\C/C=C\C/C=C\C/C=C\C/C=C\C/C=C\C/C=C\C/C=C\CCCCCCCCCCCCCCCCCCC(=O)OC(COC(=O)CCCCCCCCCCCCCCCCCCCCCCC/C=C\C/C=C\C/C=C\C/C=C\C/C=C\CC)COP(=O)(O)OCC[N+](C)(C)C. The fraction of sp³-hybridized carbons (Fsp3) is 0.696. The lowest BCUT2D eigenvalue weighted by Gasteiger charge is -2.24. The third-order valence-corrected chi connectivity index (χ3v) is 19.0. The lowest BCUT2D eigenvalue weighted by Crippen LogP contribution is -2.37. The molecule has 0 saturated carbocycles. The Morgan fingerprint density at radius 1 is 0.304 bits per heavy atom. The molecule has 0 aromatic heterocycles. The first kappa shape index (κ1) is 97.6. The summed E-state index contributed by atoms with van der Waals surface area (Å²) >= 11 is 0. The first-order valence-electron chi connectivity index (χ1n) is 42.2. The minimum Gasteiger partial charge on any atom is -0.462 e. The molecule has 0 amide bonds. The summed E-state index contributed by atoms with van der Waals surface area (Å²) in [7, 11) is 1.48. The fourth-order valence-electron chi connectivity index (χ4n) is 11.7. The summed E-state index contributed by atoms with van der Waals surface area (Å²) < 4.78 is 34.9. The van der Waals surface area contributed by atoms with E-state index in [4.69, 9.17) is 18.5 Å². The average molecular weight is 1440 g/mol. The summed E-state index contributed by atoms with van der Waals surface area (Å²) in [6, 6.07) is 0. The fourth-order valence-corrected chi connectivity index (χ4v) is 12.5. The van der Waals surface area contributed by atoms with Gasteiger partial charge in [0.25, 0.3) is 0 Å². The van der Waals surface area contributed by atoms with Crippen LogP contribution in [0.4, 0.5) is 0 Å². The molecule has 2 unspecified atom stereocenters. The van der Waals surface area contributed by atoms with Gasteiger partial charge in [-0.25, -0.2) is 4.57 Å². The number of likely N-dealkylation sites (N-methyl/N-ethyl adjacent to an activating group) is 1. The maximum absolute atomic E-state index is 12.9. The molecule has 0 aliphatic rings. The third kappa shape index (κ3) is 84.6. The second-order valence-corrected chi connectivity index (χ2v) is 30.6. The average Bonchev–Trinajstić information content (AvgIpc) is 0.916. The molecule has 0 heterocycles. The predicted molar refractivity (Wildman–Crippen MR) is 445 cm³/mol. The van der Waals surface area contributed by atoms with Crippen molar-refractivity contribution >= 4 is 19.8 Å². The molecule has 0 radical (unpaired) electrons. The van der Waals surface area contributed by atoms with Gasteiger partial charge in [0, 0.05) is 12.8 Å². The van der Waals surface area contributed by atoms with E-state index < -0.39 is 26.5 Å². The molecule has 0 saturated heterocycles. The number of unbranched alkanes of at least 4 members (excludes halogenated alkanes) is 37. The maximum atomic E-state index is 12.9.